The summed E-state index contributed by atoms with van der Waals surface area (Å²) in [5, 5.41) is 6.27. The Morgan fingerprint density at radius 1 is 1.29 bits per heavy atom. The van der Waals surface area contributed by atoms with Crippen molar-refractivity contribution in [2.24, 2.45) is 0 Å². The van der Waals surface area contributed by atoms with Gasteiger partial charge in [-0.05, 0) is 47.6 Å². The first-order chi connectivity index (χ1) is 9.67. The van der Waals surface area contributed by atoms with Gasteiger partial charge in [-0.3, -0.25) is 4.79 Å². The number of nitrogens with one attached hydrogen (secondary N) is 2. The third kappa shape index (κ3) is 7.14. The van der Waals surface area contributed by atoms with E-state index in [0.717, 1.165) is 11.3 Å². The van der Waals surface area contributed by atoms with Crippen LogP contribution in [0.1, 0.15) is 45.7 Å². The average molecular weight is 292 g/mol. The van der Waals surface area contributed by atoms with E-state index in [4.69, 9.17) is 4.74 Å². The third-order valence-electron chi connectivity index (χ3n) is 2.83. The normalized spacial score (nSPS) is 11.6. The van der Waals surface area contributed by atoms with Gasteiger partial charge < -0.3 is 15.4 Å². The van der Waals surface area contributed by atoms with Gasteiger partial charge in [0.25, 0.3) is 5.91 Å². The second kappa shape index (κ2) is 7.46. The van der Waals surface area contributed by atoms with Gasteiger partial charge >= 0.3 is 0 Å². The Morgan fingerprint density at radius 3 is 2.52 bits per heavy atom. The molecule has 0 spiro atoms. The van der Waals surface area contributed by atoms with Gasteiger partial charge in [0.1, 0.15) is 5.75 Å². The number of carbonyl (C=O) groups excluding carboxylic acids is 1. The monoisotopic (exact) mass is 292 g/mol. The van der Waals surface area contributed by atoms with E-state index in [-0.39, 0.29) is 24.1 Å². The third-order valence-corrected chi connectivity index (χ3v) is 2.83. The summed E-state index contributed by atoms with van der Waals surface area (Å²) in [6.45, 7) is 13.1. The zero-order valence-electron chi connectivity index (χ0n) is 14.0. The molecule has 21 heavy (non-hydrogen) atoms. The second-order valence-electron chi connectivity index (χ2n) is 6.73. The van der Waals surface area contributed by atoms with Gasteiger partial charge in [0.2, 0.25) is 0 Å². The van der Waals surface area contributed by atoms with Gasteiger partial charge in [-0.15, -0.1) is 0 Å². The summed E-state index contributed by atoms with van der Waals surface area (Å²) in [6, 6.07) is 6.14. The number of ether oxygens (including phenoxy) is 1. The number of rotatable bonds is 6. The summed E-state index contributed by atoms with van der Waals surface area (Å²) in [5.41, 5.74) is 2.29. The summed E-state index contributed by atoms with van der Waals surface area (Å²) >= 11 is 0. The zero-order valence-corrected chi connectivity index (χ0v) is 14.0. The first-order valence-electron chi connectivity index (χ1n) is 7.44. The molecular weight excluding hydrogens is 264 g/mol. The van der Waals surface area contributed by atoms with Crippen LogP contribution in [0.25, 0.3) is 0 Å². The molecule has 0 fully saturated rings. The molecule has 118 valence electrons. The van der Waals surface area contributed by atoms with Gasteiger partial charge in [-0.2, -0.15) is 0 Å². The Kier molecular flexibility index (Phi) is 6.21. The van der Waals surface area contributed by atoms with Crippen LogP contribution in [0, 0.1) is 6.92 Å². The van der Waals surface area contributed by atoms with E-state index in [0.29, 0.717) is 6.54 Å². The Bertz CT molecular complexity index is 476. The van der Waals surface area contributed by atoms with E-state index in [1.165, 1.54) is 5.56 Å². The Labute approximate surface area is 128 Å². The summed E-state index contributed by atoms with van der Waals surface area (Å²) in [7, 11) is 0. The van der Waals surface area contributed by atoms with Gasteiger partial charge in [-0.1, -0.05) is 17.7 Å². The fourth-order valence-corrected chi connectivity index (χ4v) is 1.85. The van der Waals surface area contributed by atoms with Crippen LogP contribution < -0.4 is 15.4 Å². The smallest absolute Gasteiger partial charge is 0.258 e. The molecule has 0 aliphatic rings. The molecule has 2 N–H and O–H groups in total. The summed E-state index contributed by atoms with van der Waals surface area (Å²) in [6.07, 6.45) is 0. The molecule has 0 saturated carbocycles. The maximum atomic E-state index is 11.7. The summed E-state index contributed by atoms with van der Waals surface area (Å²) in [5.74, 6) is 0.663. The van der Waals surface area contributed by atoms with Crippen molar-refractivity contribution in [2.75, 3.05) is 6.61 Å². The summed E-state index contributed by atoms with van der Waals surface area (Å²) in [4.78, 5) is 11.7. The predicted molar refractivity (Wildman–Crippen MR) is 86.5 cm³/mol. The molecule has 1 aromatic rings. The molecule has 0 aliphatic heterocycles. The number of amides is 1. The van der Waals surface area contributed by atoms with Crippen LogP contribution in [0.4, 0.5) is 0 Å². The van der Waals surface area contributed by atoms with Crippen LogP contribution in [0.3, 0.4) is 0 Å². The van der Waals surface area contributed by atoms with Crippen molar-refractivity contribution < 1.29 is 9.53 Å². The van der Waals surface area contributed by atoms with Crippen molar-refractivity contribution in [1.29, 1.82) is 0 Å². The molecule has 1 aromatic carbocycles. The van der Waals surface area contributed by atoms with Crippen LogP contribution in [-0.4, -0.2) is 24.1 Å². The molecule has 0 heterocycles. The minimum absolute atomic E-state index is 0.0377. The van der Waals surface area contributed by atoms with Crippen LogP contribution >= 0.6 is 0 Å². The number of hydrogen-bond donors (Lipinski definition) is 2. The molecule has 0 aromatic heterocycles. The molecule has 4 nitrogen and oxygen atoms in total. The van der Waals surface area contributed by atoms with E-state index in [2.05, 4.69) is 44.4 Å². The Balaban J connectivity index is 2.70. The molecule has 0 bridgehead atoms. The minimum atomic E-state index is -0.0969. The minimum Gasteiger partial charge on any atom is -0.483 e. The van der Waals surface area contributed by atoms with Crippen molar-refractivity contribution >= 4 is 5.91 Å². The SMILES string of the molecule is Cc1ccc(OCC(=O)NC(C)C)c(CNC(C)(C)C)c1. The average Bonchev–Trinajstić information content (AvgIpc) is 2.33. The standard InChI is InChI=1S/C17H28N2O2/c1-12(2)19-16(20)11-21-15-8-7-13(3)9-14(15)10-18-17(4,5)6/h7-9,12,18H,10-11H2,1-6H3,(H,19,20). The molecule has 0 unspecified atom stereocenters. The predicted octanol–water partition coefficient (Wildman–Crippen LogP) is 2.79. The van der Waals surface area contributed by atoms with E-state index in [9.17, 15) is 4.79 Å². The fraction of sp³-hybridized carbons (Fsp3) is 0.588. The van der Waals surface area contributed by atoms with Crippen LogP contribution in [0.2, 0.25) is 0 Å². The number of aryl methyl sites for hydroxylation is 1. The number of carbonyl (C=O) groups is 1. The van der Waals surface area contributed by atoms with Crippen LogP contribution in [0.5, 0.6) is 5.75 Å². The lowest BCUT2D eigenvalue weighted by Gasteiger charge is -2.22. The van der Waals surface area contributed by atoms with E-state index < -0.39 is 0 Å². The van der Waals surface area contributed by atoms with Crippen molar-refractivity contribution in [2.45, 2.75) is 59.7 Å². The van der Waals surface area contributed by atoms with Gasteiger partial charge in [0, 0.05) is 23.7 Å². The largest absolute Gasteiger partial charge is 0.483 e. The van der Waals surface area contributed by atoms with Crippen LogP contribution in [0.15, 0.2) is 18.2 Å². The maximum absolute atomic E-state index is 11.7. The summed E-state index contributed by atoms with van der Waals surface area (Å²) < 4.78 is 5.67. The first-order valence-corrected chi connectivity index (χ1v) is 7.44. The lowest BCUT2D eigenvalue weighted by molar-refractivity contribution is -0.123. The van der Waals surface area contributed by atoms with Gasteiger partial charge in [0.05, 0.1) is 0 Å². The maximum Gasteiger partial charge on any atom is 0.258 e. The fourth-order valence-electron chi connectivity index (χ4n) is 1.85. The molecule has 1 amide bonds. The van der Waals surface area contributed by atoms with Gasteiger partial charge in [0.15, 0.2) is 6.61 Å². The molecule has 1 rings (SSSR count). The molecule has 0 aliphatic carbocycles. The number of hydrogen-bond acceptors (Lipinski definition) is 3. The van der Waals surface area contributed by atoms with Crippen molar-refractivity contribution in [3.63, 3.8) is 0 Å². The molecular formula is C17H28N2O2. The molecule has 0 atom stereocenters. The second-order valence-corrected chi connectivity index (χ2v) is 6.73. The molecule has 0 radical (unpaired) electrons. The highest BCUT2D eigenvalue weighted by atomic mass is 16.5. The quantitative estimate of drug-likeness (QED) is 0.847. The Morgan fingerprint density at radius 2 is 1.95 bits per heavy atom. The van der Waals surface area contributed by atoms with Crippen molar-refractivity contribution in [1.82, 2.24) is 10.6 Å². The van der Waals surface area contributed by atoms with Crippen molar-refractivity contribution in [3.8, 4) is 5.75 Å². The topological polar surface area (TPSA) is 50.4 Å². The molecule has 4 heteroatoms. The van der Waals surface area contributed by atoms with E-state index in [1.54, 1.807) is 0 Å². The zero-order chi connectivity index (χ0) is 16.0. The Hall–Kier alpha value is -1.55. The van der Waals surface area contributed by atoms with Crippen molar-refractivity contribution in [3.05, 3.63) is 29.3 Å². The van der Waals surface area contributed by atoms with E-state index >= 15 is 0 Å². The first kappa shape index (κ1) is 17.5. The van der Waals surface area contributed by atoms with Crippen LogP contribution in [-0.2, 0) is 11.3 Å². The highest BCUT2D eigenvalue weighted by Gasteiger charge is 2.12. The lowest BCUT2D eigenvalue weighted by Crippen LogP contribution is -2.36. The highest BCUT2D eigenvalue weighted by Crippen LogP contribution is 2.20. The molecule has 0 saturated heterocycles. The van der Waals surface area contributed by atoms with Gasteiger partial charge in [-0.25, -0.2) is 0 Å². The number of benzene rings is 1. The van der Waals surface area contributed by atoms with E-state index in [1.807, 2.05) is 26.0 Å². The highest BCUT2D eigenvalue weighted by molar-refractivity contribution is 5.77. The lowest BCUT2D eigenvalue weighted by atomic mass is 10.1.